The van der Waals surface area contributed by atoms with E-state index in [-0.39, 0.29) is 0 Å². The van der Waals surface area contributed by atoms with Gasteiger partial charge in [0.15, 0.2) is 0 Å². The van der Waals surface area contributed by atoms with Crippen LogP contribution in [-0.4, -0.2) is 25.5 Å². The largest absolute Gasteiger partial charge is 0.508 e. The Morgan fingerprint density at radius 2 is 2.00 bits per heavy atom. The van der Waals surface area contributed by atoms with Crippen molar-refractivity contribution in [3.05, 3.63) is 18.2 Å². The van der Waals surface area contributed by atoms with Gasteiger partial charge in [0, 0.05) is 19.0 Å². The maximum Gasteiger partial charge on any atom is 0.116 e. The van der Waals surface area contributed by atoms with Crippen LogP contribution in [0.1, 0.15) is 0 Å². The molecule has 0 fully saturated rings. The minimum Gasteiger partial charge on any atom is -0.508 e. The fourth-order valence-electron chi connectivity index (χ4n) is 1.04. The number of rotatable bonds is 2. The molecule has 0 heterocycles. The molecule has 0 atom stereocenters. The summed E-state index contributed by atoms with van der Waals surface area (Å²) in [5.41, 5.74) is 1.14. The van der Waals surface area contributed by atoms with Gasteiger partial charge < -0.3 is 10.0 Å². The molecular weight excluding hydrogens is 170 g/mol. The van der Waals surface area contributed by atoms with Crippen LogP contribution in [0.5, 0.6) is 5.75 Å². The summed E-state index contributed by atoms with van der Waals surface area (Å²) in [5, 5.41) is 9.22. The van der Waals surface area contributed by atoms with Crippen molar-refractivity contribution < 1.29 is 5.11 Å². The zero-order valence-corrected chi connectivity index (χ0v) is 8.35. The maximum atomic E-state index is 9.22. The van der Waals surface area contributed by atoms with Gasteiger partial charge in [-0.1, -0.05) is 0 Å². The summed E-state index contributed by atoms with van der Waals surface area (Å²) in [6.45, 7) is 0. The van der Waals surface area contributed by atoms with E-state index >= 15 is 0 Å². The molecule has 0 aliphatic rings. The van der Waals surface area contributed by atoms with E-state index < -0.39 is 0 Å². The third-order valence-corrected chi connectivity index (χ3v) is 2.41. The molecule has 0 aliphatic heterocycles. The SMILES string of the molecule is CSc1cc(O)ccc1N(C)C. The van der Waals surface area contributed by atoms with Crippen molar-refractivity contribution in [3.8, 4) is 5.75 Å². The highest BCUT2D eigenvalue weighted by Gasteiger charge is 2.03. The van der Waals surface area contributed by atoms with E-state index in [0.29, 0.717) is 5.75 Å². The fourth-order valence-corrected chi connectivity index (χ4v) is 1.73. The lowest BCUT2D eigenvalue weighted by Crippen LogP contribution is -2.09. The summed E-state index contributed by atoms with van der Waals surface area (Å²) < 4.78 is 0. The molecule has 0 aromatic heterocycles. The lowest BCUT2D eigenvalue weighted by atomic mass is 10.3. The van der Waals surface area contributed by atoms with Crippen molar-refractivity contribution in [2.45, 2.75) is 4.90 Å². The van der Waals surface area contributed by atoms with Gasteiger partial charge in [0.25, 0.3) is 0 Å². The number of hydrogen-bond acceptors (Lipinski definition) is 3. The minimum atomic E-state index is 0.324. The predicted octanol–water partition coefficient (Wildman–Crippen LogP) is 2.18. The van der Waals surface area contributed by atoms with Crippen LogP contribution in [-0.2, 0) is 0 Å². The van der Waals surface area contributed by atoms with E-state index in [0.717, 1.165) is 10.6 Å². The molecule has 66 valence electrons. The average molecular weight is 183 g/mol. The Morgan fingerprint density at radius 3 is 2.50 bits per heavy atom. The summed E-state index contributed by atoms with van der Waals surface area (Å²) >= 11 is 1.64. The van der Waals surface area contributed by atoms with Crippen LogP contribution in [0.15, 0.2) is 23.1 Å². The van der Waals surface area contributed by atoms with Gasteiger partial charge in [0.1, 0.15) is 5.75 Å². The van der Waals surface area contributed by atoms with E-state index in [2.05, 4.69) is 0 Å². The molecule has 0 radical (unpaired) electrons. The van der Waals surface area contributed by atoms with Crippen LogP contribution in [0.3, 0.4) is 0 Å². The highest BCUT2D eigenvalue weighted by atomic mass is 32.2. The molecule has 12 heavy (non-hydrogen) atoms. The molecule has 0 bridgehead atoms. The van der Waals surface area contributed by atoms with Crippen molar-refractivity contribution in [3.63, 3.8) is 0 Å². The Bertz CT molecular complexity index is 273. The highest BCUT2D eigenvalue weighted by molar-refractivity contribution is 7.98. The first-order valence-corrected chi connectivity index (χ1v) is 4.92. The molecule has 1 rings (SSSR count). The van der Waals surface area contributed by atoms with E-state index in [1.54, 1.807) is 23.9 Å². The van der Waals surface area contributed by atoms with E-state index in [1.807, 2.05) is 31.3 Å². The zero-order valence-electron chi connectivity index (χ0n) is 7.53. The van der Waals surface area contributed by atoms with Crippen LogP contribution in [0.4, 0.5) is 5.69 Å². The fraction of sp³-hybridized carbons (Fsp3) is 0.333. The maximum absolute atomic E-state index is 9.22. The molecule has 1 aromatic carbocycles. The molecule has 0 unspecified atom stereocenters. The van der Waals surface area contributed by atoms with Gasteiger partial charge in [0.05, 0.1) is 5.69 Å². The molecule has 1 aromatic rings. The quantitative estimate of drug-likeness (QED) is 0.711. The molecule has 0 aliphatic carbocycles. The molecule has 0 saturated carbocycles. The molecule has 0 spiro atoms. The van der Waals surface area contributed by atoms with Gasteiger partial charge in [-0.2, -0.15) is 0 Å². The van der Waals surface area contributed by atoms with Gasteiger partial charge in [-0.05, 0) is 24.5 Å². The number of phenols is 1. The van der Waals surface area contributed by atoms with Crippen molar-refractivity contribution in [2.24, 2.45) is 0 Å². The van der Waals surface area contributed by atoms with Crippen LogP contribution in [0, 0.1) is 0 Å². The molecule has 1 N–H and O–H groups in total. The van der Waals surface area contributed by atoms with E-state index in [4.69, 9.17) is 0 Å². The Labute approximate surface area is 77.2 Å². The zero-order chi connectivity index (χ0) is 9.14. The number of hydrogen-bond donors (Lipinski definition) is 1. The van der Waals surface area contributed by atoms with Crippen molar-refractivity contribution >= 4 is 17.4 Å². The Morgan fingerprint density at radius 1 is 1.33 bits per heavy atom. The topological polar surface area (TPSA) is 23.5 Å². The molecule has 0 amide bonds. The predicted molar refractivity (Wildman–Crippen MR) is 54.2 cm³/mol. The summed E-state index contributed by atoms with van der Waals surface area (Å²) in [5.74, 6) is 0.324. The number of nitrogens with zero attached hydrogens (tertiary/aromatic N) is 1. The Hall–Kier alpha value is -0.830. The highest BCUT2D eigenvalue weighted by Crippen LogP contribution is 2.30. The first-order chi connectivity index (χ1) is 5.65. The Balaban J connectivity index is 3.11. The lowest BCUT2D eigenvalue weighted by Gasteiger charge is -2.15. The number of benzene rings is 1. The smallest absolute Gasteiger partial charge is 0.116 e. The number of aromatic hydroxyl groups is 1. The third kappa shape index (κ3) is 1.85. The van der Waals surface area contributed by atoms with Gasteiger partial charge in [-0.15, -0.1) is 11.8 Å². The average Bonchev–Trinajstić information content (AvgIpc) is 2.03. The minimum absolute atomic E-state index is 0.324. The van der Waals surface area contributed by atoms with Crippen LogP contribution < -0.4 is 4.90 Å². The van der Waals surface area contributed by atoms with E-state index in [9.17, 15) is 5.11 Å². The molecular formula is C9H13NOS. The van der Waals surface area contributed by atoms with Crippen LogP contribution >= 0.6 is 11.8 Å². The van der Waals surface area contributed by atoms with Crippen molar-refractivity contribution in [1.82, 2.24) is 0 Å². The normalized spacial score (nSPS) is 9.92. The molecule has 0 saturated heterocycles. The number of thioether (sulfide) groups is 1. The molecule has 2 nitrogen and oxygen atoms in total. The first kappa shape index (κ1) is 9.26. The van der Waals surface area contributed by atoms with Crippen LogP contribution in [0.2, 0.25) is 0 Å². The first-order valence-electron chi connectivity index (χ1n) is 3.69. The molecule has 3 heteroatoms. The van der Waals surface area contributed by atoms with Crippen molar-refractivity contribution in [2.75, 3.05) is 25.3 Å². The number of phenolic OH excluding ortho intramolecular Hbond substituents is 1. The van der Waals surface area contributed by atoms with Crippen molar-refractivity contribution in [1.29, 1.82) is 0 Å². The van der Waals surface area contributed by atoms with E-state index in [1.165, 1.54) is 0 Å². The van der Waals surface area contributed by atoms with Gasteiger partial charge in [0.2, 0.25) is 0 Å². The second-order valence-electron chi connectivity index (χ2n) is 2.75. The third-order valence-electron chi connectivity index (χ3n) is 1.65. The summed E-state index contributed by atoms with van der Waals surface area (Å²) in [7, 11) is 3.98. The summed E-state index contributed by atoms with van der Waals surface area (Å²) in [6, 6.07) is 5.40. The second kappa shape index (κ2) is 3.72. The Kier molecular flexibility index (Phi) is 2.87. The lowest BCUT2D eigenvalue weighted by molar-refractivity contribution is 0.474. The summed E-state index contributed by atoms with van der Waals surface area (Å²) in [4.78, 5) is 3.13. The monoisotopic (exact) mass is 183 g/mol. The van der Waals surface area contributed by atoms with Gasteiger partial charge in [-0.3, -0.25) is 0 Å². The summed E-state index contributed by atoms with van der Waals surface area (Å²) in [6.07, 6.45) is 2.00. The van der Waals surface area contributed by atoms with Crippen LogP contribution in [0.25, 0.3) is 0 Å². The van der Waals surface area contributed by atoms with Gasteiger partial charge in [-0.25, -0.2) is 0 Å². The number of anilines is 1. The van der Waals surface area contributed by atoms with Gasteiger partial charge >= 0.3 is 0 Å². The second-order valence-corrected chi connectivity index (χ2v) is 3.60. The standard InChI is InChI=1S/C9H13NOS/c1-10(2)8-5-4-7(11)6-9(8)12-3/h4-6,11H,1-3H3.